The summed E-state index contributed by atoms with van der Waals surface area (Å²) in [5, 5.41) is 0. The summed E-state index contributed by atoms with van der Waals surface area (Å²) in [6.07, 6.45) is 5.39. The molecule has 0 radical (unpaired) electrons. The van der Waals surface area contributed by atoms with Crippen LogP contribution in [0.1, 0.15) is 69.8 Å². The number of quaternary nitrogens is 1. The van der Waals surface area contributed by atoms with Crippen LogP contribution in [-0.4, -0.2) is 46.5 Å². The Morgan fingerprint density at radius 3 is 2.00 bits per heavy atom. The summed E-state index contributed by atoms with van der Waals surface area (Å²) in [4.78, 5) is 0. The van der Waals surface area contributed by atoms with E-state index in [1.54, 1.807) is 28.4 Å². The second kappa shape index (κ2) is 16.3. The molecule has 0 amide bonds. The highest BCUT2D eigenvalue weighted by atomic mass is 16.5. The van der Waals surface area contributed by atoms with E-state index in [4.69, 9.17) is 28.4 Å². The van der Waals surface area contributed by atoms with E-state index in [1.165, 1.54) is 33.4 Å². The maximum Gasteiger partial charge on any atom is 0.204 e. The van der Waals surface area contributed by atoms with Crippen LogP contribution in [-0.2, 0) is 38.6 Å². The number of likely N-dealkylation sites (N-methyl/N-ethyl adjacent to an activating group) is 1. The van der Waals surface area contributed by atoms with Crippen LogP contribution in [0.25, 0.3) is 0 Å². The summed E-state index contributed by atoms with van der Waals surface area (Å²) >= 11 is 0. The zero-order chi connectivity index (χ0) is 41.4. The molecule has 6 bridgehead atoms. The Morgan fingerprint density at radius 2 is 1.30 bits per heavy atom. The van der Waals surface area contributed by atoms with Gasteiger partial charge in [0.25, 0.3) is 0 Å². The van der Waals surface area contributed by atoms with Crippen LogP contribution < -0.4 is 28.4 Å². The molecule has 4 aliphatic rings. The van der Waals surface area contributed by atoms with E-state index >= 15 is 0 Å². The lowest BCUT2D eigenvalue weighted by Gasteiger charge is -2.46. The SMILES string of the molecule is COc1ccc2cc1Oc1ccc(cc1)C[C@H]1c3cc(c(OC)cc3CCC1(C)Cc1ccccc1)Oc1c(OC)c(OC)cc3c1[C@H](C2)[N+](C)(Cc1ccccc1)CC3. The lowest BCUT2D eigenvalue weighted by molar-refractivity contribution is -0.954. The zero-order valence-electron chi connectivity index (χ0n) is 35.8. The van der Waals surface area contributed by atoms with Gasteiger partial charge in [-0.25, -0.2) is 0 Å². The summed E-state index contributed by atoms with van der Waals surface area (Å²) in [5.41, 5.74) is 9.91. The van der Waals surface area contributed by atoms with E-state index in [0.29, 0.717) is 46.7 Å². The Kier molecular flexibility index (Phi) is 10.7. The van der Waals surface area contributed by atoms with Crippen LogP contribution in [0.4, 0.5) is 0 Å². The number of hydrogen-bond acceptors (Lipinski definition) is 6. The Morgan fingerprint density at radius 1 is 0.633 bits per heavy atom. The number of aryl methyl sites for hydroxylation is 1. The highest BCUT2D eigenvalue weighted by Gasteiger charge is 2.45. The smallest absolute Gasteiger partial charge is 0.204 e. The second-order valence-electron chi connectivity index (χ2n) is 17.4. The highest BCUT2D eigenvalue weighted by Crippen LogP contribution is 2.56. The molecule has 0 aromatic heterocycles. The molecule has 3 heterocycles. The van der Waals surface area contributed by atoms with Crippen molar-refractivity contribution >= 4 is 0 Å². The van der Waals surface area contributed by atoms with Gasteiger partial charge in [-0.1, -0.05) is 85.8 Å². The zero-order valence-corrected chi connectivity index (χ0v) is 35.8. The molecule has 0 fully saturated rings. The normalized spacial score (nSPS) is 21.6. The minimum absolute atomic E-state index is 0.0291. The Balaban J connectivity index is 1.28. The molecule has 4 atom stereocenters. The molecular formula is C53H56NO6+. The van der Waals surface area contributed by atoms with Gasteiger partial charge < -0.3 is 32.9 Å². The molecule has 0 N–H and O–H groups in total. The summed E-state index contributed by atoms with van der Waals surface area (Å²) in [6.45, 7) is 4.24. The van der Waals surface area contributed by atoms with Crippen molar-refractivity contribution in [3.8, 4) is 46.0 Å². The van der Waals surface area contributed by atoms with Gasteiger partial charge in [0.05, 0.1) is 47.6 Å². The Labute approximate surface area is 355 Å². The van der Waals surface area contributed by atoms with Crippen molar-refractivity contribution in [2.45, 2.75) is 64.0 Å². The molecule has 7 nitrogen and oxygen atoms in total. The minimum atomic E-state index is -0.0336. The maximum absolute atomic E-state index is 7.41. The van der Waals surface area contributed by atoms with Crippen molar-refractivity contribution in [3.63, 3.8) is 0 Å². The van der Waals surface area contributed by atoms with E-state index in [9.17, 15) is 0 Å². The van der Waals surface area contributed by atoms with Crippen molar-refractivity contribution in [1.82, 2.24) is 0 Å². The quantitative estimate of drug-likeness (QED) is 0.143. The number of ether oxygens (including phenoxy) is 6. The lowest BCUT2D eigenvalue weighted by Crippen LogP contribution is -2.51. The number of fused-ring (bicyclic) bond motifs is 2. The van der Waals surface area contributed by atoms with Crippen molar-refractivity contribution < 1.29 is 32.9 Å². The fraction of sp³-hybridized carbons (Fsp3) is 0.321. The van der Waals surface area contributed by atoms with Gasteiger partial charge in [-0.2, -0.15) is 0 Å². The average molecular weight is 803 g/mol. The van der Waals surface area contributed by atoms with Gasteiger partial charge in [0.2, 0.25) is 5.75 Å². The van der Waals surface area contributed by atoms with Crippen LogP contribution in [0, 0.1) is 5.41 Å². The molecule has 60 heavy (non-hydrogen) atoms. The first-order valence-electron chi connectivity index (χ1n) is 21.2. The molecule has 308 valence electrons. The Hall–Kier alpha value is -5.92. The van der Waals surface area contributed by atoms with Crippen LogP contribution in [0.2, 0.25) is 0 Å². The van der Waals surface area contributed by atoms with Gasteiger partial charge in [0.15, 0.2) is 34.5 Å². The molecular weight excluding hydrogens is 747 g/mol. The largest absolute Gasteiger partial charge is 0.493 e. The standard InChI is InChI=1S/C53H56NO6/c1-53(33-36-13-9-7-10-14-36)25-23-39-30-46(56-4)48-32-42(39)43(53)27-35-17-20-41(21-18-35)59-47-29-38(19-22-45(47)55-3)28-44-50-40(31-49(57-5)51(58-6)52(50)60-48)24-26-54(44,2)34-37-15-11-8-12-16-37/h7-22,29-32,43-44H,23-28,33-34H2,1-6H3/q+1/t43-,44-,53?,54?/m0/s1. The molecule has 1 aliphatic carbocycles. The van der Waals surface area contributed by atoms with Gasteiger partial charge in [0.1, 0.15) is 18.3 Å². The first-order valence-corrected chi connectivity index (χ1v) is 21.2. The molecule has 6 aromatic carbocycles. The highest BCUT2D eigenvalue weighted by molar-refractivity contribution is 5.63. The average Bonchev–Trinajstić information content (AvgIpc) is 3.26. The number of methoxy groups -OCH3 is 4. The molecule has 7 heteroatoms. The van der Waals surface area contributed by atoms with Crippen LogP contribution in [0.3, 0.4) is 0 Å². The third-order valence-electron chi connectivity index (χ3n) is 13.6. The van der Waals surface area contributed by atoms with Gasteiger partial charge in [-0.05, 0) is 113 Å². The van der Waals surface area contributed by atoms with Crippen molar-refractivity contribution in [3.05, 3.63) is 166 Å². The summed E-state index contributed by atoms with van der Waals surface area (Å²) in [6, 6.07) is 43.3. The third-order valence-corrected chi connectivity index (χ3v) is 13.6. The predicted molar refractivity (Wildman–Crippen MR) is 236 cm³/mol. The first-order chi connectivity index (χ1) is 29.2. The van der Waals surface area contributed by atoms with Gasteiger partial charge in [0, 0.05) is 18.4 Å². The first kappa shape index (κ1) is 39.5. The molecule has 0 saturated carbocycles. The van der Waals surface area contributed by atoms with E-state index in [-0.39, 0.29) is 17.4 Å². The summed E-state index contributed by atoms with van der Waals surface area (Å²) in [5.74, 6) is 5.64. The molecule has 3 aliphatic heterocycles. The number of rotatable bonds is 8. The summed E-state index contributed by atoms with van der Waals surface area (Å²) in [7, 11) is 9.24. The number of hydrogen-bond donors (Lipinski definition) is 0. The molecule has 0 saturated heterocycles. The van der Waals surface area contributed by atoms with Crippen molar-refractivity contribution in [1.29, 1.82) is 0 Å². The van der Waals surface area contributed by atoms with Crippen LogP contribution in [0.5, 0.6) is 46.0 Å². The predicted octanol–water partition coefficient (Wildman–Crippen LogP) is 11.6. The van der Waals surface area contributed by atoms with Gasteiger partial charge in [-0.15, -0.1) is 0 Å². The van der Waals surface area contributed by atoms with Crippen molar-refractivity contribution in [2.24, 2.45) is 5.41 Å². The molecule has 10 rings (SSSR count). The molecule has 2 unspecified atom stereocenters. The van der Waals surface area contributed by atoms with E-state index in [0.717, 1.165) is 66.6 Å². The fourth-order valence-electron chi connectivity index (χ4n) is 10.4. The second-order valence-corrected chi connectivity index (χ2v) is 17.4. The third kappa shape index (κ3) is 7.45. The van der Waals surface area contributed by atoms with E-state index in [2.05, 4.69) is 129 Å². The van der Waals surface area contributed by atoms with E-state index in [1.807, 2.05) is 6.07 Å². The Bertz CT molecular complexity index is 2480. The van der Waals surface area contributed by atoms with Gasteiger partial charge in [-0.3, -0.25) is 0 Å². The molecule has 6 aromatic rings. The van der Waals surface area contributed by atoms with Crippen LogP contribution in [0.15, 0.2) is 121 Å². The monoisotopic (exact) mass is 802 g/mol. The fourth-order valence-corrected chi connectivity index (χ4v) is 10.4. The molecule has 0 spiro atoms. The lowest BCUT2D eigenvalue weighted by atomic mass is 9.61. The topological polar surface area (TPSA) is 55.4 Å². The maximum atomic E-state index is 7.41. The number of benzene rings is 6. The minimum Gasteiger partial charge on any atom is -0.493 e. The van der Waals surface area contributed by atoms with Crippen LogP contribution >= 0.6 is 0 Å². The summed E-state index contributed by atoms with van der Waals surface area (Å²) < 4.78 is 39.3. The van der Waals surface area contributed by atoms with Gasteiger partial charge >= 0.3 is 0 Å². The number of nitrogens with zero attached hydrogens (tertiary/aromatic N) is 1. The van der Waals surface area contributed by atoms with E-state index < -0.39 is 0 Å². The van der Waals surface area contributed by atoms with Crippen molar-refractivity contribution in [2.75, 3.05) is 42.0 Å².